The van der Waals surface area contributed by atoms with Crippen molar-refractivity contribution in [2.24, 2.45) is 0 Å². The molecule has 1 unspecified atom stereocenters. The van der Waals surface area contributed by atoms with Gasteiger partial charge in [-0.15, -0.1) is 0 Å². The lowest BCUT2D eigenvalue weighted by molar-refractivity contribution is 0.223. The van der Waals surface area contributed by atoms with Crippen LogP contribution in [-0.2, 0) is 6.54 Å². The van der Waals surface area contributed by atoms with Gasteiger partial charge in [0.15, 0.2) is 0 Å². The first-order chi connectivity index (χ1) is 7.66. The smallest absolute Gasteiger partial charge is 0.124 e. The molecule has 0 amide bonds. The second kappa shape index (κ2) is 5.52. The molecule has 1 aromatic rings. The molecule has 1 atom stereocenters. The van der Waals surface area contributed by atoms with E-state index in [1.165, 1.54) is 23.1 Å². The summed E-state index contributed by atoms with van der Waals surface area (Å²) in [5, 5.41) is 0. The monoisotopic (exact) mass is 303 g/mol. The zero-order valence-corrected chi connectivity index (χ0v) is 11.7. The molecule has 1 aromatic carbocycles. The molecule has 1 saturated heterocycles. The molecule has 0 aliphatic carbocycles. The highest BCUT2D eigenvalue weighted by Crippen LogP contribution is 2.23. The van der Waals surface area contributed by atoms with Gasteiger partial charge in [-0.25, -0.2) is 4.39 Å². The highest BCUT2D eigenvalue weighted by molar-refractivity contribution is 9.10. The zero-order valence-electron chi connectivity index (χ0n) is 9.25. The van der Waals surface area contributed by atoms with E-state index >= 15 is 0 Å². The van der Waals surface area contributed by atoms with Gasteiger partial charge in [-0.05, 0) is 24.6 Å². The Balaban J connectivity index is 2.07. The molecule has 0 N–H and O–H groups in total. The highest BCUT2D eigenvalue weighted by Gasteiger charge is 2.19. The van der Waals surface area contributed by atoms with Crippen LogP contribution in [-0.4, -0.2) is 29.0 Å². The van der Waals surface area contributed by atoms with Crippen LogP contribution in [0.2, 0.25) is 0 Å². The molecular weight excluding hydrogens is 289 g/mol. The van der Waals surface area contributed by atoms with E-state index in [9.17, 15) is 4.39 Å². The molecular formula is C12H15BrFNS. The molecule has 1 aliphatic rings. The van der Waals surface area contributed by atoms with Crippen molar-refractivity contribution in [1.82, 2.24) is 4.90 Å². The van der Waals surface area contributed by atoms with E-state index in [0.29, 0.717) is 6.04 Å². The molecule has 0 aromatic heterocycles. The van der Waals surface area contributed by atoms with E-state index in [1.54, 1.807) is 6.07 Å². The van der Waals surface area contributed by atoms with Gasteiger partial charge in [0, 0.05) is 35.1 Å². The van der Waals surface area contributed by atoms with E-state index < -0.39 is 0 Å². The van der Waals surface area contributed by atoms with E-state index in [1.807, 2.05) is 17.8 Å². The normalized spacial score (nSPS) is 22.3. The summed E-state index contributed by atoms with van der Waals surface area (Å²) in [5.41, 5.74) is 1.17. The van der Waals surface area contributed by atoms with Gasteiger partial charge in [-0.1, -0.05) is 22.0 Å². The minimum atomic E-state index is -0.183. The predicted octanol–water partition coefficient (Wildman–Crippen LogP) is 3.53. The molecule has 0 radical (unpaired) electrons. The first-order valence-electron chi connectivity index (χ1n) is 5.42. The number of benzene rings is 1. The first-order valence-corrected chi connectivity index (χ1v) is 7.37. The fourth-order valence-corrected chi connectivity index (χ4v) is 3.42. The lowest BCUT2D eigenvalue weighted by atomic mass is 10.2. The van der Waals surface area contributed by atoms with Gasteiger partial charge in [0.1, 0.15) is 5.82 Å². The predicted molar refractivity (Wildman–Crippen MR) is 71.3 cm³/mol. The van der Waals surface area contributed by atoms with Crippen LogP contribution < -0.4 is 0 Å². The maximum absolute atomic E-state index is 13.0. The molecule has 0 spiro atoms. The summed E-state index contributed by atoms with van der Waals surface area (Å²) in [5.74, 6) is 2.21. The van der Waals surface area contributed by atoms with Crippen molar-refractivity contribution < 1.29 is 4.39 Å². The maximum Gasteiger partial charge on any atom is 0.124 e. The van der Waals surface area contributed by atoms with Crippen molar-refractivity contribution >= 4 is 27.7 Å². The molecule has 0 saturated carbocycles. The highest BCUT2D eigenvalue weighted by atomic mass is 79.9. The number of hydrogen-bond donors (Lipinski definition) is 0. The van der Waals surface area contributed by atoms with Crippen LogP contribution in [0.4, 0.5) is 4.39 Å². The first kappa shape index (κ1) is 12.4. The molecule has 1 nitrogen and oxygen atoms in total. The molecule has 1 aliphatic heterocycles. The summed E-state index contributed by atoms with van der Waals surface area (Å²) in [6.07, 6.45) is 0. The van der Waals surface area contributed by atoms with Gasteiger partial charge in [-0.3, -0.25) is 4.90 Å². The molecule has 1 heterocycles. The van der Waals surface area contributed by atoms with Gasteiger partial charge >= 0.3 is 0 Å². The number of rotatable bonds is 2. The number of halogens is 2. The third-order valence-corrected chi connectivity index (χ3v) is 4.82. The van der Waals surface area contributed by atoms with Crippen molar-refractivity contribution in [3.63, 3.8) is 0 Å². The Bertz CT molecular complexity index is 372. The van der Waals surface area contributed by atoms with E-state index in [2.05, 4.69) is 27.8 Å². The zero-order chi connectivity index (χ0) is 11.5. The minimum absolute atomic E-state index is 0.183. The summed E-state index contributed by atoms with van der Waals surface area (Å²) in [6, 6.07) is 5.55. The second-order valence-electron chi connectivity index (χ2n) is 4.13. The van der Waals surface area contributed by atoms with Crippen LogP contribution in [0, 0.1) is 5.82 Å². The molecule has 2 rings (SSSR count). The van der Waals surface area contributed by atoms with Crippen LogP contribution in [0.25, 0.3) is 0 Å². The summed E-state index contributed by atoms with van der Waals surface area (Å²) in [4.78, 5) is 2.45. The third-order valence-electron chi connectivity index (χ3n) is 2.89. The van der Waals surface area contributed by atoms with Gasteiger partial charge in [-0.2, -0.15) is 11.8 Å². The Morgan fingerprint density at radius 2 is 2.38 bits per heavy atom. The summed E-state index contributed by atoms with van der Waals surface area (Å²) < 4.78 is 13.8. The Labute approximate surface area is 109 Å². The van der Waals surface area contributed by atoms with Crippen LogP contribution in [0.15, 0.2) is 22.7 Å². The fraction of sp³-hybridized carbons (Fsp3) is 0.500. The lowest BCUT2D eigenvalue weighted by Gasteiger charge is -2.33. The molecule has 0 bridgehead atoms. The lowest BCUT2D eigenvalue weighted by Crippen LogP contribution is -2.39. The largest absolute Gasteiger partial charge is 0.295 e. The van der Waals surface area contributed by atoms with E-state index in [4.69, 9.17) is 0 Å². The Hall–Kier alpha value is -0.0600. The minimum Gasteiger partial charge on any atom is -0.295 e. The Morgan fingerprint density at radius 1 is 1.56 bits per heavy atom. The van der Waals surface area contributed by atoms with Crippen LogP contribution in [0.1, 0.15) is 12.5 Å². The van der Waals surface area contributed by atoms with Gasteiger partial charge < -0.3 is 0 Å². The standard InChI is InChI=1S/C12H15BrFNS/c1-9-8-16-5-4-15(9)7-10-2-3-11(14)6-12(10)13/h2-3,6,9H,4-5,7-8H2,1H3. The third kappa shape index (κ3) is 2.99. The Kier molecular flexibility index (Phi) is 4.27. The van der Waals surface area contributed by atoms with Gasteiger partial charge in [0.2, 0.25) is 0 Å². The second-order valence-corrected chi connectivity index (χ2v) is 6.13. The molecule has 1 fully saturated rings. The quantitative estimate of drug-likeness (QED) is 0.822. The van der Waals surface area contributed by atoms with Crippen molar-refractivity contribution in [3.05, 3.63) is 34.1 Å². The maximum atomic E-state index is 13.0. The Morgan fingerprint density at radius 3 is 3.06 bits per heavy atom. The van der Waals surface area contributed by atoms with Crippen molar-refractivity contribution in [1.29, 1.82) is 0 Å². The van der Waals surface area contributed by atoms with Crippen molar-refractivity contribution in [2.45, 2.75) is 19.5 Å². The summed E-state index contributed by atoms with van der Waals surface area (Å²) >= 11 is 5.43. The van der Waals surface area contributed by atoms with Crippen LogP contribution in [0.5, 0.6) is 0 Å². The average molecular weight is 304 g/mol. The molecule has 88 valence electrons. The number of thioether (sulfide) groups is 1. The van der Waals surface area contributed by atoms with E-state index in [0.717, 1.165) is 17.6 Å². The molecule has 4 heteroatoms. The van der Waals surface area contributed by atoms with Crippen LogP contribution in [0.3, 0.4) is 0 Å². The SMILES string of the molecule is CC1CSCCN1Cc1ccc(F)cc1Br. The van der Waals surface area contributed by atoms with Gasteiger partial charge in [0.05, 0.1) is 0 Å². The van der Waals surface area contributed by atoms with Crippen molar-refractivity contribution in [2.75, 3.05) is 18.1 Å². The van der Waals surface area contributed by atoms with Crippen LogP contribution >= 0.6 is 27.7 Å². The van der Waals surface area contributed by atoms with Crippen molar-refractivity contribution in [3.8, 4) is 0 Å². The van der Waals surface area contributed by atoms with E-state index in [-0.39, 0.29) is 5.82 Å². The van der Waals surface area contributed by atoms with Gasteiger partial charge in [0.25, 0.3) is 0 Å². The summed E-state index contributed by atoms with van der Waals surface area (Å²) in [6.45, 7) is 4.28. The number of hydrogen-bond acceptors (Lipinski definition) is 2. The summed E-state index contributed by atoms with van der Waals surface area (Å²) in [7, 11) is 0. The fourth-order valence-electron chi connectivity index (χ4n) is 1.87. The molecule has 16 heavy (non-hydrogen) atoms. The number of nitrogens with zero attached hydrogens (tertiary/aromatic N) is 1. The average Bonchev–Trinajstić information content (AvgIpc) is 2.25. The topological polar surface area (TPSA) is 3.24 Å².